The summed E-state index contributed by atoms with van der Waals surface area (Å²) < 4.78 is 9.35. The van der Waals surface area contributed by atoms with E-state index in [4.69, 9.17) is 4.74 Å². The number of pyridine rings is 1. The van der Waals surface area contributed by atoms with Crippen molar-refractivity contribution in [3.63, 3.8) is 0 Å². The summed E-state index contributed by atoms with van der Waals surface area (Å²) in [5, 5.41) is 12.8. The van der Waals surface area contributed by atoms with Crippen LogP contribution in [0.4, 0.5) is 5.82 Å². The van der Waals surface area contributed by atoms with Crippen LogP contribution in [0, 0.1) is 0 Å². The van der Waals surface area contributed by atoms with Gasteiger partial charge >= 0.3 is 0 Å². The van der Waals surface area contributed by atoms with Crippen LogP contribution in [-0.2, 0) is 25.4 Å². The maximum Gasteiger partial charge on any atom is 0.124 e. The molecule has 1 aliphatic rings. The third kappa shape index (κ3) is 3.48. The van der Waals surface area contributed by atoms with Gasteiger partial charge in [-0.3, -0.25) is 14.3 Å². The lowest BCUT2D eigenvalue weighted by molar-refractivity contribution is 0.0791. The van der Waals surface area contributed by atoms with Crippen LogP contribution in [0.3, 0.4) is 0 Å². The smallest absolute Gasteiger partial charge is 0.124 e. The standard InChI is InChI=1S/C19H24N6O/c1-24-12-16(19(23-24)14-5-7-20-8-6-14)11-21-18-10-17(22-25(18)2)15-4-3-9-26-13-15/h5-8,10,12,15,21H,3-4,9,11,13H2,1-2H3. The monoisotopic (exact) mass is 352 g/mol. The molecule has 0 aliphatic carbocycles. The predicted octanol–water partition coefficient (Wildman–Crippen LogP) is 2.72. The second kappa shape index (κ2) is 7.29. The van der Waals surface area contributed by atoms with Gasteiger partial charge in [0.15, 0.2) is 0 Å². The molecule has 1 saturated heterocycles. The fraction of sp³-hybridized carbons (Fsp3) is 0.421. The Labute approximate surface area is 153 Å². The maximum atomic E-state index is 5.60. The summed E-state index contributed by atoms with van der Waals surface area (Å²) in [5.74, 6) is 1.41. The lowest BCUT2D eigenvalue weighted by Gasteiger charge is -2.19. The van der Waals surface area contributed by atoms with Gasteiger partial charge in [-0.2, -0.15) is 10.2 Å². The molecule has 136 valence electrons. The van der Waals surface area contributed by atoms with Crippen molar-refractivity contribution in [1.29, 1.82) is 0 Å². The zero-order valence-electron chi connectivity index (χ0n) is 15.2. The van der Waals surface area contributed by atoms with E-state index in [1.807, 2.05) is 35.6 Å². The first kappa shape index (κ1) is 16.8. The van der Waals surface area contributed by atoms with Crippen molar-refractivity contribution < 1.29 is 4.74 Å². The summed E-state index contributed by atoms with van der Waals surface area (Å²) >= 11 is 0. The molecule has 0 amide bonds. The molecule has 0 radical (unpaired) electrons. The Morgan fingerprint density at radius 1 is 1.23 bits per heavy atom. The second-order valence-corrected chi connectivity index (χ2v) is 6.76. The Kier molecular flexibility index (Phi) is 4.71. The Hall–Kier alpha value is -2.67. The highest BCUT2D eigenvalue weighted by Gasteiger charge is 2.20. The number of nitrogens with one attached hydrogen (secondary N) is 1. The van der Waals surface area contributed by atoms with Gasteiger partial charge in [0.25, 0.3) is 0 Å². The van der Waals surface area contributed by atoms with Crippen molar-refractivity contribution in [2.45, 2.75) is 25.3 Å². The largest absolute Gasteiger partial charge is 0.381 e. The van der Waals surface area contributed by atoms with Crippen LogP contribution in [0.2, 0.25) is 0 Å². The fourth-order valence-corrected chi connectivity index (χ4v) is 3.43. The molecule has 1 atom stereocenters. The van der Waals surface area contributed by atoms with Gasteiger partial charge in [0, 0.05) is 68.9 Å². The van der Waals surface area contributed by atoms with Crippen LogP contribution in [0.15, 0.2) is 36.8 Å². The van der Waals surface area contributed by atoms with E-state index in [9.17, 15) is 0 Å². The third-order valence-corrected chi connectivity index (χ3v) is 4.80. The predicted molar refractivity (Wildman–Crippen MR) is 99.8 cm³/mol. The molecule has 1 fully saturated rings. The summed E-state index contributed by atoms with van der Waals surface area (Å²) in [5.41, 5.74) is 4.30. The topological polar surface area (TPSA) is 69.8 Å². The molecule has 0 spiro atoms. The van der Waals surface area contributed by atoms with Gasteiger partial charge in [0.2, 0.25) is 0 Å². The summed E-state index contributed by atoms with van der Waals surface area (Å²) in [4.78, 5) is 4.09. The molecule has 4 rings (SSSR count). The molecule has 1 N–H and O–H groups in total. The number of aryl methyl sites for hydroxylation is 2. The summed E-state index contributed by atoms with van der Waals surface area (Å²) in [7, 11) is 3.92. The molecule has 7 heteroatoms. The number of ether oxygens (including phenoxy) is 1. The second-order valence-electron chi connectivity index (χ2n) is 6.76. The highest BCUT2D eigenvalue weighted by atomic mass is 16.5. The van der Waals surface area contributed by atoms with Crippen LogP contribution in [0.5, 0.6) is 0 Å². The molecule has 4 heterocycles. The average molecular weight is 352 g/mol. The molecule has 1 aliphatic heterocycles. The van der Waals surface area contributed by atoms with Crippen LogP contribution >= 0.6 is 0 Å². The molecule has 0 saturated carbocycles. The highest BCUT2D eigenvalue weighted by molar-refractivity contribution is 5.62. The van der Waals surface area contributed by atoms with Crippen LogP contribution < -0.4 is 5.32 Å². The van der Waals surface area contributed by atoms with Crippen molar-refractivity contribution in [3.05, 3.63) is 48.0 Å². The van der Waals surface area contributed by atoms with Crippen LogP contribution in [0.1, 0.15) is 30.0 Å². The van der Waals surface area contributed by atoms with Crippen molar-refractivity contribution in [3.8, 4) is 11.3 Å². The fourth-order valence-electron chi connectivity index (χ4n) is 3.43. The molecule has 7 nitrogen and oxygen atoms in total. The molecule has 1 unspecified atom stereocenters. The maximum absolute atomic E-state index is 5.60. The van der Waals surface area contributed by atoms with E-state index in [1.165, 1.54) is 0 Å². The zero-order valence-corrected chi connectivity index (χ0v) is 15.2. The molecule has 26 heavy (non-hydrogen) atoms. The van der Waals surface area contributed by atoms with Crippen molar-refractivity contribution in [2.75, 3.05) is 18.5 Å². The lowest BCUT2D eigenvalue weighted by Crippen LogP contribution is -2.16. The number of aromatic nitrogens is 5. The quantitative estimate of drug-likeness (QED) is 0.764. The molecule has 0 bridgehead atoms. The van der Waals surface area contributed by atoms with Crippen LogP contribution in [0.25, 0.3) is 11.3 Å². The van der Waals surface area contributed by atoms with Gasteiger partial charge in [-0.15, -0.1) is 0 Å². The van der Waals surface area contributed by atoms with E-state index in [0.29, 0.717) is 12.5 Å². The Morgan fingerprint density at radius 3 is 2.85 bits per heavy atom. The number of nitrogens with zero attached hydrogens (tertiary/aromatic N) is 5. The van der Waals surface area contributed by atoms with Gasteiger partial charge in [-0.05, 0) is 25.0 Å². The van der Waals surface area contributed by atoms with E-state index in [1.54, 1.807) is 12.4 Å². The van der Waals surface area contributed by atoms with E-state index < -0.39 is 0 Å². The molecular formula is C19H24N6O. The molecular weight excluding hydrogens is 328 g/mol. The normalized spacial score (nSPS) is 17.4. The first-order valence-corrected chi connectivity index (χ1v) is 8.99. The minimum atomic E-state index is 0.399. The third-order valence-electron chi connectivity index (χ3n) is 4.80. The molecule has 3 aromatic heterocycles. The van der Waals surface area contributed by atoms with E-state index in [-0.39, 0.29) is 0 Å². The minimum absolute atomic E-state index is 0.399. The van der Waals surface area contributed by atoms with E-state index in [2.05, 4.69) is 32.8 Å². The Bertz CT molecular complexity index is 864. The molecule has 0 aromatic carbocycles. The highest BCUT2D eigenvalue weighted by Crippen LogP contribution is 2.27. The average Bonchev–Trinajstić information content (AvgIpc) is 3.24. The minimum Gasteiger partial charge on any atom is -0.381 e. The van der Waals surface area contributed by atoms with Crippen LogP contribution in [-0.4, -0.2) is 37.8 Å². The Balaban J connectivity index is 1.50. The van der Waals surface area contributed by atoms with Gasteiger partial charge in [0.05, 0.1) is 18.0 Å². The van der Waals surface area contributed by atoms with Crippen molar-refractivity contribution in [2.24, 2.45) is 14.1 Å². The number of rotatable bonds is 5. The summed E-state index contributed by atoms with van der Waals surface area (Å²) in [6.45, 7) is 2.32. The van der Waals surface area contributed by atoms with Gasteiger partial charge in [-0.25, -0.2) is 0 Å². The molecule has 3 aromatic rings. The van der Waals surface area contributed by atoms with Gasteiger partial charge in [0.1, 0.15) is 5.82 Å². The van der Waals surface area contributed by atoms with Crippen molar-refractivity contribution >= 4 is 5.82 Å². The zero-order chi connectivity index (χ0) is 17.9. The lowest BCUT2D eigenvalue weighted by atomic mass is 9.99. The number of hydrogen-bond acceptors (Lipinski definition) is 5. The SMILES string of the molecule is Cn1cc(CNc2cc(C3CCCOC3)nn2C)c(-c2ccncc2)n1. The Morgan fingerprint density at radius 2 is 2.08 bits per heavy atom. The summed E-state index contributed by atoms with van der Waals surface area (Å²) in [6, 6.07) is 6.11. The van der Waals surface area contributed by atoms with Crippen molar-refractivity contribution in [1.82, 2.24) is 24.5 Å². The first-order chi connectivity index (χ1) is 12.7. The van der Waals surface area contributed by atoms with Gasteiger partial charge in [-0.1, -0.05) is 0 Å². The first-order valence-electron chi connectivity index (χ1n) is 8.99. The van der Waals surface area contributed by atoms with Gasteiger partial charge < -0.3 is 10.1 Å². The van der Waals surface area contributed by atoms with E-state index >= 15 is 0 Å². The summed E-state index contributed by atoms with van der Waals surface area (Å²) in [6.07, 6.45) is 7.89. The number of anilines is 1. The van der Waals surface area contributed by atoms with E-state index in [0.717, 1.165) is 54.4 Å². The number of hydrogen-bond donors (Lipinski definition) is 1.